The van der Waals surface area contributed by atoms with Gasteiger partial charge in [-0.2, -0.15) is 0 Å². The van der Waals surface area contributed by atoms with Crippen LogP contribution >= 0.6 is 8.96 Å². The van der Waals surface area contributed by atoms with Crippen LogP contribution < -0.4 is 5.50 Å². The normalized spacial score (nSPS) is 21.4. The van der Waals surface area contributed by atoms with Crippen molar-refractivity contribution in [2.45, 2.75) is 39.2 Å². The fraction of sp³-hybridized carbons (Fsp3) is 0.909. The molecule has 1 aliphatic heterocycles. The van der Waals surface area contributed by atoms with E-state index in [2.05, 4.69) is 0 Å². The first-order chi connectivity index (χ1) is 7.92. The van der Waals surface area contributed by atoms with Crippen LogP contribution in [0, 0.1) is 5.92 Å². The van der Waals surface area contributed by atoms with Crippen LogP contribution in [0.2, 0.25) is 0 Å². The fourth-order valence-electron chi connectivity index (χ4n) is 1.85. The van der Waals surface area contributed by atoms with Crippen molar-refractivity contribution >= 4 is 15.1 Å². The molecule has 0 aromatic rings. The van der Waals surface area contributed by atoms with Crippen LogP contribution in [0.25, 0.3) is 0 Å². The Kier molecular flexibility index (Phi) is 5.63. The minimum atomic E-state index is -0.418. The van der Waals surface area contributed by atoms with E-state index in [0.717, 1.165) is 25.9 Å². The molecule has 6 heteroatoms. The maximum absolute atomic E-state index is 11.8. The molecule has 17 heavy (non-hydrogen) atoms. The maximum atomic E-state index is 11.8. The van der Waals surface area contributed by atoms with Crippen LogP contribution in [0.5, 0.6) is 0 Å². The monoisotopic (exact) mass is 262 g/mol. The Balaban J connectivity index is 2.27. The van der Waals surface area contributed by atoms with E-state index in [9.17, 15) is 4.79 Å². The molecule has 0 saturated carbocycles. The van der Waals surface area contributed by atoms with Gasteiger partial charge in [-0.25, -0.2) is 4.79 Å². The van der Waals surface area contributed by atoms with E-state index in [1.54, 1.807) is 4.90 Å². The zero-order valence-electron chi connectivity index (χ0n) is 10.9. The van der Waals surface area contributed by atoms with Crippen LogP contribution in [-0.2, 0) is 9.26 Å². The molecular formula is C11H23N2O3P. The summed E-state index contributed by atoms with van der Waals surface area (Å²) >= 11 is 0. The molecule has 2 atom stereocenters. The number of likely N-dealkylation sites (tertiary alicyclic amines) is 1. The van der Waals surface area contributed by atoms with Crippen LogP contribution in [0.15, 0.2) is 0 Å². The molecule has 1 rings (SSSR count). The summed E-state index contributed by atoms with van der Waals surface area (Å²) in [4.78, 5) is 13.6. The van der Waals surface area contributed by atoms with E-state index in [4.69, 9.17) is 14.8 Å². The molecular weight excluding hydrogens is 239 g/mol. The van der Waals surface area contributed by atoms with E-state index in [0.29, 0.717) is 12.5 Å². The summed E-state index contributed by atoms with van der Waals surface area (Å²) in [6, 6.07) is 0. The average Bonchev–Trinajstić information content (AvgIpc) is 2.64. The molecule has 0 aliphatic carbocycles. The molecule has 1 aliphatic rings. The van der Waals surface area contributed by atoms with Crippen molar-refractivity contribution in [2.24, 2.45) is 11.4 Å². The van der Waals surface area contributed by atoms with Crippen LogP contribution in [0.3, 0.4) is 0 Å². The largest absolute Gasteiger partial charge is 0.444 e. The van der Waals surface area contributed by atoms with Crippen molar-refractivity contribution in [3.05, 3.63) is 0 Å². The summed E-state index contributed by atoms with van der Waals surface area (Å²) in [7, 11) is 0.0569. The van der Waals surface area contributed by atoms with Gasteiger partial charge in [-0.3, -0.25) is 5.50 Å². The van der Waals surface area contributed by atoms with Crippen molar-refractivity contribution in [3.8, 4) is 0 Å². The molecule has 0 radical (unpaired) electrons. The van der Waals surface area contributed by atoms with Gasteiger partial charge in [-0.05, 0) is 39.5 Å². The molecule has 0 aromatic carbocycles. The predicted octanol–water partition coefficient (Wildman–Crippen LogP) is 2.12. The van der Waals surface area contributed by atoms with Gasteiger partial charge in [0, 0.05) is 13.1 Å². The highest BCUT2D eigenvalue weighted by atomic mass is 31.1. The Hall–Kier alpha value is -0.380. The number of ether oxygens (including phenoxy) is 1. The number of nitrogens with two attached hydrogens (primary N) is 1. The van der Waals surface area contributed by atoms with Crippen molar-refractivity contribution in [1.29, 1.82) is 0 Å². The highest BCUT2D eigenvalue weighted by Gasteiger charge is 2.29. The van der Waals surface area contributed by atoms with Crippen LogP contribution in [-0.4, -0.2) is 36.3 Å². The van der Waals surface area contributed by atoms with Gasteiger partial charge in [0.25, 0.3) is 0 Å². The van der Waals surface area contributed by atoms with Crippen molar-refractivity contribution in [1.82, 2.24) is 4.90 Å². The van der Waals surface area contributed by atoms with E-state index in [1.807, 2.05) is 20.8 Å². The summed E-state index contributed by atoms with van der Waals surface area (Å²) in [5, 5.41) is 0. The molecule has 2 N–H and O–H groups in total. The number of hydrogen-bond acceptors (Lipinski definition) is 4. The number of amides is 1. The minimum Gasteiger partial charge on any atom is -0.444 e. The molecule has 100 valence electrons. The van der Waals surface area contributed by atoms with Gasteiger partial charge in [0.05, 0.1) is 15.6 Å². The lowest BCUT2D eigenvalue weighted by molar-refractivity contribution is 0.0286. The van der Waals surface area contributed by atoms with Gasteiger partial charge in [0.15, 0.2) is 0 Å². The summed E-state index contributed by atoms with van der Waals surface area (Å²) in [6.45, 7) is 7.88. The second-order valence-corrected chi connectivity index (χ2v) is 5.86. The molecule has 1 amide bonds. The van der Waals surface area contributed by atoms with Gasteiger partial charge in [0.1, 0.15) is 5.60 Å². The van der Waals surface area contributed by atoms with Crippen molar-refractivity contribution in [2.75, 3.05) is 19.7 Å². The van der Waals surface area contributed by atoms with E-state index in [1.165, 1.54) is 0 Å². The number of nitrogens with zero attached hydrogens (tertiary/aromatic N) is 1. The molecule has 0 bridgehead atoms. The number of carbonyl (C=O) groups excluding carboxylic acids is 1. The molecule has 1 fully saturated rings. The third-order valence-corrected chi connectivity index (χ3v) is 3.02. The molecule has 5 nitrogen and oxygen atoms in total. The Morgan fingerprint density at radius 3 is 2.82 bits per heavy atom. The maximum Gasteiger partial charge on any atom is 0.410 e. The molecule has 1 saturated heterocycles. The third kappa shape index (κ3) is 5.66. The summed E-state index contributed by atoms with van der Waals surface area (Å²) in [5.74, 6) is 0.513. The minimum absolute atomic E-state index is 0.0569. The first kappa shape index (κ1) is 14.7. The summed E-state index contributed by atoms with van der Waals surface area (Å²) in [5.41, 5.74) is 4.86. The van der Waals surface area contributed by atoms with Gasteiger partial charge in [0.2, 0.25) is 0 Å². The quantitative estimate of drug-likeness (QED) is 0.622. The Morgan fingerprint density at radius 2 is 2.24 bits per heavy atom. The third-order valence-electron chi connectivity index (χ3n) is 2.65. The van der Waals surface area contributed by atoms with Crippen LogP contribution in [0.4, 0.5) is 4.79 Å². The lowest BCUT2D eigenvalue weighted by Crippen LogP contribution is -2.35. The zero-order valence-corrected chi connectivity index (χ0v) is 11.9. The van der Waals surface area contributed by atoms with Gasteiger partial charge >= 0.3 is 6.09 Å². The van der Waals surface area contributed by atoms with Gasteiger partial charge < -0.3 is 14.2 Å². The summed E-state index contributed by atoms with van der Waals surface area (Å²) < 4.78 is 10.5. The SMILES string of the molecule is CC(C)(C)OC(=O)N1CCC(CCOPN)C1. The van der Waals surface area contributed by atoms with Gasteiger partial charge in [-0.1, -0.05) is 0 Å². The van der Waals surface area contributed by atoms with Crippen LogP contribution in [0.1, 0.15) is 33.6 Å². The van der Waals surface area contributed by atoms with Crippen molar-refractivity contribution < 1.29 is 14.1 Å². The predicted molar refractivity (Wildman–Crippen MR) is 69.0 cm³/mol. The Labute approximate surface area is 105 Å². The first-order valence-corrected chi connectivity index (χ1v) is 6.96. The van der Waals surface area contributed by atoms with Crippen molar-refractivity contribution in [3.63, 3.8) is 0 Å². The highest BCUT2D eigenvalue weighted by molar-refractivity contribution is 7.29. The molecule has 0 aromatic heterocycles. The molecule has 1 heterocycles. The second kappa shape index (κ2) is 6.53. The van der Waals surface area contributed by atoms with E-state index in [-0.39, 0.29) is 15.1 Å². The summed E-state index contributed by atoms with van der Waals surface area (Å²) in [6.07, 6.45) is 1.78. The zero-order chi connectivity index (χ0) is 12.9. The number of hydrogen-bond donors (Lipinski definition) is 1. The van der Waals surface area contributed by atoms with E-state index < -0.39 is 5.60 Å². The van der Waals surface area contributed by atoms with Gasteiger partial charge in [-0.15, -0.1) is 0 Å². The topological polar surface area (TPSA) is 64.8 Å². The highest BCUT2D eigenvalue weighted by Crippen LogP contribution is 2.22. The lowest BCUT2D eigenvalue weighted by Gasteiger charge is -2.24. The first-order valence-electron chi connectivity index (χ1n) is 5.97. The molecule has 0 spiro atoms. The van der Waals surface area contributed by atoms with E-state index >= 15 is 0 Å². The fourth-order valence-corrected chi connectivity index (χ4v) is 2.08. The second-order valence-electron chi connectivity index (χ2n) is 5.34. The smallest absolute Gasteiger partial charge is 0.410 e. The Morgan fingerprint density at radius 1 is 1.53 bits per heavy atom. The number of rotatable bonds is 4. The lowest BCUT2D eigenvalue weighted by atomic mass is 10.1. The standard InChI is InChI=1S/C11H23N2O3P/c1-11(2,3)16-10(14)13-6-4-9(8-13)5-7-15-17-12/h9,17H,4-8,12H2,1-3H3. The average molecular weight is 262 g/mol. The number of carbonyl (C=O) groups is 1. The Bertz CT molecular complexity index is 256. The molecule has 2 unspecified atom stereocenters.